The van der Waals surface area contributed by atoms with Crippen LogP contribution >= 0.6 is 11.6 Å². The number of hydrogen-bond acceptors (Lipinski definition) is 4. The number of nitrogens with one attached hydrogen (secondary N) is 1. The first kappa shape index (κ1) is 15.2. The number of nitriles is 1. The van der Waals surface area contributed by atoms with Crippen molar-refractivity contribution in [2.24, 2.45) is 5.73 Å². The van der Waals surface area contributed by atoms with Crippen LogP contribution in [0.1, 0.15) is 19.3 Å². The zero-order valence-electron chi connectivity index (χ0n) is 11.6. The zero-order chi connectivity index (χ0) is 15.2. The number of likely N-dealkylation sites (tertiary alicyclic amines) is 1. The molecule has 1 aliphatic heterocycles. The molecule has 110 valence electrons. The van der Waals surface area contributed by atoms with E-state index in [0.29, 0.717) is 10.7 Å². The fourth-order valence-corrected chi connectivity index (χ4v) is 2.37. The maximum absolute atomic E-state index is 12.2. The smallest absolute Gasteiger partial charge is 0.270 e. The molecule has 3 N–H and O–H groups in total. The second kappa shape index (κ2) is 7.00. The number of halogens is 1. The molecular formula is C15H17ClN4O. The van der Waals surface area contributed by atoms with Crippen molar-refractivity contribution in [2.75, 3.05) is 18.4 Å². The van der Waals surface area contributed by atoms with Crippen LogP contribution in [0.25, 0.3) is 0 Å². The van der Waals surface area contributed by atoms with E-state index in [1.165, 1.54) is 0 Å². The molecule has 1 aliphatic rings. The van der Waals surface area contributed by atoms with Gasteiger partial charge < -0.3 is 16.0 Å². The summed E-state index contributed by atoms with van der Waals surface area (Å²) in [7, 11) is 0. The van der Waals surface area contributed by atoms with Crippen molar-refractivity contribution in [3.05, 3.63) is 40.7 Å². The van der Waals surface area contributed by atoms with Crippen LogP contribution in [0, 0.1) is 11.3 Å². The van der Waals surface area contributed by atoms with Gasteiger partial charge in [0.15, 0.2) is 5.57 Å². The summed E-state index contributed by atoms with van der Waals surface area (Å²) in [6.07, 6.45) is 3.21. The predicted molar refractivity (Wildman–Crippen MR) is 82.3 cm³/mol. The van der Waals surface area contributed by atoms with E-state index in [2.05, 4.69) is 5.32 Å². The van der Waals surface area contributed by atoms with Crippen molar-refractivity contribution in [3.8, 4) is 6.07 Å². The second-order valence-corrected chi connectivity index (χ2v) is 5.32. The first-order valence-electron chi connectivity index (χ1n) is 6.83. The average molecular weight is 305 g/mol. The molecule has 1 aromatic rings. The highest BCUT2D eigenvalue weighted by atomic mass is 35.5. The Morgan fingerprint density at radius 2 is 1.86 bits per heavy atom. The van der Waals surface area contributed by atoms with Gasteiger partial charge in [-0.05, 0) is 43.5 Å². The van der Waals surface area contributed by atoms with Gasteiger partial charge in [-0.3, -0.25) is 4.79 Å². The minimum Gasteiger partial charge on any atom is -0.384 e. The Balaban J connectivity index is 2.14. The molecule has 0 spiro atoms. The van der Waals surface area contributed by atoms with Crippen LogP contribution < -0.4 is 11.1 Å². The minimum atomic E-state index is -0.497. The van der Waals surface area contributed by atoms with Crippen molar-refractivity contribution < 1.29 is 4.79 Å². The maximum Gasteiger partial charge on any atom is 0.270 e. The van der Waals surface area contributed by atoms with E-state index >= 15 is 0 Å². The highest BCUT2D eigenvalue weighted by Gasteiger charge is 2.20. The van der Waals surface area contributed by atoms with Crippen LogP contribution in [0.3, 0.4) is 0 Å². The van der Waals surface area contributed by atoms with Crippen LogP contribution in [0.5, 0.6) is 0 Å². The number of nitrogens with two attached hydrogens (primary N) is 1. The molecule has 1 saturated heterocycles. The van der Waals surface area contributed by atoms with E-state index in [0.717, 1.165) is 32.4 Å². The van der Waals surface area contributed by atoms with Gasteiger partial charge >= 0.3 is 0 Å². The molecular weight excluding hydrogens is 288 g/mol. The summed E-state index contributed by atoms with van der Waals surface area (Å²) in [5.74, 6) is -0.244. The average Bonchev–Trinajstić information content (AvgIpc) is 2.51. The third-order valence-electron chi connectivity index (χ3n) is 3.39. The van der Waals surface area contributed by atoms with Crippen LogP contribution in [-0.4, -0.2) is 23.9 Å². The molecule has 1 fully saturated rings. The van der Waals surface area contributed by atoms with Gasteiger partial charge in [-0.1, -0.05) is 11.6 Å². The van der Waals surface area contributed by atoms with Gasteiger partial charge in [0.25, 0.3) is 5.91 Å². The van der Waals surface area contributed by atoms with Crippen molar-refractivity contribution in [1.29, 1.82) is 5.26 Å². The molecule has 0 aliphatic carbocycles. The summed E-state index contributed by atoms with van der Waals surface area (Å²) in [5, 5.41) is 12.5. The third kappa shape index (κ3) is 3.89. The molecule has 0 aromatic heterocycles. The van der Waals surface area contributed by atoms with Crippen LogP contribution in [0.15, 0.2) is 35.7 Å². The number of benzene rings is 1. The van der Waals surface area contributed by atoms with Crippen LogP contribution in [-0.2, 0) is 4.79 Å². The molecule has 0 bridgehead atoms. The normalized spacial score (nSPS) is 15.9. The predicted octanol–water partition coefficient (Wildman–Crippen LogP) is 2.46. The quantitative estimate of drug-likeness (QED) is 0.664. The lowest BCUT2D eigenvalue weighted by atomic mass is 10.1. The van der Waals surface area contributed by atoms with Crippen molar-refractivity contribution >= 4 is 23.2 Å². The topological polar surface area (TPSA) is 82.1 Å². The number of carbonyl (C=O) groups is 1. The zero-order valence-corrected chi connectivity index (χ0v) is 12.4. The third-order valence-corrected chi connectivity index (χ3v) is 3.65. The Kier molecular flexibility index (Phi) is 5.07. The molecule has 21 heavy (non-hydrogen) atoms. The van der Waals surface area contributed by atoms with Crippen molar-refractivity contribution in [2.45, 2.75) is 19.3 Å². The Morgan fingerprint density at radius 3 is 2.43 bits per heavy atom. The van der Waals surface area contributed by atoms with E-state index in [4.69, 9.17) is 17.3 Å². The number of nitrogens with zero attached hydrogens (tertiary/aromatic N) is 2. The fraction of sp³-hybridized carbons (Fsp3) is 0.333. The van der Waals surface area contributed by atoms with Gasteiger partial charge in [0, 0.05) is 23.8 Å². The number of rotatable bonds is 3. The lowest BCUT2D eigenvalue weighted by Crippen LogP contribution is -2.35. The largest absolute Gasteiger partial charge is 0.384 e. The number of piperidine rings is 1. The van der Waals surface area contributed by atoms with Gasteiger partial charge in [0.2, 0.25) is 0 Å². The Labute approximate surface area is 129 Å². The van der Waals surface area contributed by atoms with E-state index < -0.39 is 5.91 Å². The minimum absolute atomic E-state index is 0.0492. The standard InChI is InChI=1S/C15H17ClN4O/c16-11-4-6-12(7-5-11)19-15(21)13(10-17)14(18)20-8-2-1-3-9-20/h4-7H,1-3,8-9,18H2,(H,19,21). The molecule has 1 aromatic carbocycles. The highest BCUT2D eigenvalue weighted by Crippen LogP contribution is 2.17. The summed E-state index contributed by atoms with van der Waals surface area (Å²) < 4.78 is 0. The van der Waals surface area contributed by atoms with Gasteiger partial charge in [0.05, 0.1) is 0 Å². The van der Waals surface area contributed by atoms with Crippen LogP contribution in [0.2, 0.25) is 5.02 Å². The lowest BCUT2D eigenvalue weighted by molar-refractivity contribution is -0.112. The van der Waals surface area contributed by atoms with E-state index in [1.54, 1.807) is 24.3 Å². The first-order chi connectivity index (χ1) is 10.1. The summed E-state index contributed by atoms with van der Waals surface area (Å²) >= 11 is 5.79. The molecule has 1 amide bonds. The van der Waals surface area contributed by atoms with E-state index in [1.807, 2.05) is 11.0 Å². The maximum atomic E-state index is 12.2. The Morgan fingerprint density at radius 1 is 1.24 bits per heavy atom. The van der Waals surface area contributed by atoms with Gasteiger partial charge in [-0.2, -0.15) is 5.26 Å². The molecule has 0 unspecified atom stereocenters. The monoisotopic (exact) mass is 304 g/mol. The Bertz CT molecular complexity index is 583. The van der Waals surface area contributed by atoms with Crippen molar-refractivity contribution in [3.63, 3.8) is 0 Å². The van der Waals surface area contributed by atoms with Crippen LogP contribution in [0.4, 0.5) is 5.69 Å². The number of amides is 1. The number of carbonyl (C=O) groups excluding carboxylic acids is 1. The molecule has 0 atom stereocenters. The van der Waals surface area contributed by atoms with E-state index in [9.17, 15) is 10.1 Å². The van der Waals surface area contributed by atoms with Gasteiger partial charge in [0.1, 0.15) is 11.9 Å². The summed E-state index contributed by atoms with van der Waals surface area (Å²) in [4.78, 5) is 14.1. The Hall–Kier alpha value is -2.19. The molecule has 0 radical (unpaired) electrons. The number of anilines is 1. The second-order valence-electron chi connectivity index (χ2n) is 4.88. The van der Waals surface area contributed by atoms with Gasteiger partial charge in [-0.15, -0.1) is 0 Å². The summed E-state index contributed by atoms with van der Waals surface area (Å²) in [6.45, 7) is 1.57. The van der Waals surface area contributed by atoms with E-state index in [-0.39, 0.29) is 11.4 Å². The summed E-state index contributed by atoms with van der Waals surface area (Å²) in [6, 6.07) is 8.59. The highest BCUT2D eigenvalue weighted by molar-refractivity contribution is 6.30. The molecule has 0 saturated carbocycles. The molecule has 1 heterocycles. The first-order valence-corrected chi connectivity index (χ1v) is 7.21. The molecule has 5 nitrogen and oxygen atoms in total. The SMILES string of the molecule is N#CC(C(=O)Nc1ccc(Cl)cc1)=C(N)N1CCCCC1. The van der Waals surface area contributed by atoms with Gasteiger partial charge in [-0.25, -0.2) is 0 Å². The van der Waals surface area contributed by atoms with Crippen molar-refractivity contribution in [1.82, 2.24) is 4.90 Å². The molecule has 2 rings (SSSR count). The summed E-state index contributed by atoms with van der Waals surface area (Å²) in [5.41, 5.74) is 6.51. The fourth-order valence-electron chi connectivity index (χ4n) is 2.24. The number of hydrogen-bond donors (Lipinski definition) is 2. The lowest BCUT2D eigenvalue weighted by Gasteiger charge is -2.29. The molecule has 6 heteroatoms.